The number of aromatic nitrogens is 3. The molecule has 0 bridgehead atoms. The van der Waals surface area contributed by atoms with E-state index in [0.29, 0.717) is 17.9 Å². The number of carbonyl (C=O) groups is 1. The van der Waals surface area contributed by atoms with E-state index < -0.39 is 11.7 Å². The summed E-state index contributed by atoms with van der Waals surface area (Å²) in [7, 11) is 0. The van der Waals surface area contributed by atoms with Crippen LogP contribution in [0.25, 0.3) is 11.3 Å². The fourth-order valence-electron chi connectivity index (χ4n) is 1.73. The molecule has 0 spiro atoms. The van der Waals surface area contributed by atoms with Crippen molar-refractivity contribution in [2.75, 3.05) is 6.61 Å². The molecule has 0 unspecified atom stereocenters. The summed E-state index contributed by atoms with van der Waals surface area (Å²) in [4.78, 5) is 11.3. The van der Waals surface area contributed by atoms with Gasteiger partial charge in [-0.2, -0.15) is 15.4 Å². The van der Waals surface area contributed by atoms with E-state index >= 15 is 0 Å². The minimum atomic E-state index is -0.711. The molecular weight excluding hydrogens is 263 g/mol. The minimum Gasteiger partial charge on any atom is -0.493 e. The zero-order valence-electron chi connectivity index (χ0n) is 11.0. The summed E-state index contributed by atoms with van der Waals surface area (Å²) in [6.07, 6.45) is 1.80. The number of rotatable bonds is 6. The number of nitrogens with two attached hydrogens (primary N) is 1. The van der Waals surface area contributed by atoms with Crippen LogP contribution in [0, 0.1) is 5.82 Å². The largest absolute Gasteiger partial charge is 0.493 e. The molecule has 20 heavy (non-hydrogen) atoms. The molecule has 1 amide bonds. The van der Waals surface area contributed by atoms with E-state index in [9.17, 15) is 9.18 Å². The Morgan fingerprint density at radius 2 is 2.25 bits per heavy atom. The van der Waals surface area contributed by atoms with Crippen LogP contribution in [-0.4, -0.2) is 27.9 Å². The molecule has 0 radical (unpaired) electrons. The van der Waals surface area contributed by atoms with E-state index in [2.05, 4.69) is 15.4 Å². The lowest BCUT2D eigenvalue weighted by Gasteiger charge is -2.10. The normalized spacial score (nSPS) is 10.5. The Morgan fingerprint density at radius 1 is 1.45 bits per heavy atom. The lowest BCUT2D eigenvalue weighted by molar-refractivity contribution is 0.0996. The fourth-order valence-corrected chi connectivity index (χ4v) is 1.73. The molecular formula is C13H15FN4O2. The molecule has 0 aliphatic carbocycles. The van der Waals surface area contributed by atoms with Gasteiger partial charge in [-0.1, -0.05) is 13.3 Å². The van der Waals surface area contributed by atoms with Gasteiger partial charge in [0.1, 0.15) is 17.3 Å². The zero-order valence-corrected chi connectivity index (χ0v) is 11.0. The summed E-state index contributed by atoms with van der Waals surface area (Å²) < 4.78 is 18.9. The van der Waals surface area contributed by atoms with Crippen LogP contribution in [0.4, 0.5) is 4.39 Å². The summed E-state index contributed by atoms with van der Waals surface area (Å²) in [5.41, 5.74) is 5.95. The van der Waals surface area contributed by atoms with E-state index in [1.165, 1.54) is 18.2 Å². The van der Waals surface area contributed by atoms with E-state index in [-0.39, 0.29) is 11.4 Å². The summed E-state index contributed by atoms with van der Waals surface area (Å²) in [6, 6.07) is 4.01. The molecule has 6 nitrogen and oxygen atoms in total. The van der Waals surface area contributed by atoms with Crippen LogP contribution in [0.3, 0.4) is 0 Å². The van der Waals surface area contributed by atoms with E-state index in [0.717, 1.165) is 12.8 Å². The van der Waals surface area contributed by atoms with Gasteiger partial charge >= 0.3 is 0 Å². The predicted molar refractivity (Wildman–Crippen MR) is 70.7 cm³/mol. The van der Waals surface area contributed by atoms with Crippen molar-refractivity contribution in [1.82, 2.24) is 15.4 Å². The van der Waals surface area contributed by atoms with Crippen LogP contribution in [0.1, 0.15) is 30.3 Å². The molecule has 3 N–H and O–H groups in total. The molecule has 1 heterocycles. The quantitative estimate of drug-likeness (QED) is 0.789. The molecule has 1 aromatic heterocycles. The number of aromatic amines is 1. The molecule has 1 aromatic carbocycles. The average molecular weight is 278 g/mol. The monoisotopic (exact) mass is 278 g/mol. The maximum Gasteiger partial charge on any atom is 0.271 e. The summed E-state index contributed by atoms with van der Waals surface area (Å²) in [6.45, 7) is 2.48. The van der Waals surface area contributed by atoms with Crippen LogP contribution in [0.2, 0.25) is 0 Å². The van der Waals surface area contributed by atoms with Crippen molar-refractivity contribution >= 4 is 5.91 Å². The molecule has 106 valence electrons. The third kappa shape index (κ3) is 2.93. The molecule has 0 saturated heterocycles. The SMILES string of the molecule is CCCCOc1cc(F)ccc1-c1n[nH]nc1C(N)=O. The van der Waals surface area contributed by atoms with Crippen molar-refractivity contribution in [2.24, 2.45) is 5.73 Å². The number of nitrogens with one attached hydrogen (secondary N) is 1. The third-order valence-corrected chi connectivity index (χ3v) is 2.74. The minimum absolute atomic E-state index is 0.00282. The topological polar surface area (TPSA) is 93.9 Å². The second-order valence-electron chi connectivity index (χ2n) is 4.23. The summed E-state index contributed by atoms with van der Waals surface area (Å²) >= 11 is 0. The lowest BCUT2D eigenvalue weighted by Crippen LogP contribution is -2.13. The first-order chi connectivity index (χ1) is 9.63. The molecule has 0 fully saturated rings. The number of amides is 1. The molecule has 0 aliphatic rings. The third-order valence-electron chi connectivity index (χ3n) is 2.74. The van der Waals surface area contributed by atoms with Crippen LogP contribution in [0.5, 0.6) is 5.75 Å². The standard InChI is InChI=1S/C13H15FN4O2/c1-2-3-6-20-10-7-8(14)4-5-9(10)11-12(13(15)19)17-18-16-11/h4-5,7H,2-3,6H2,1H3,(H2,15,19)(H,16,17,18). The van der Waals surface area contributed by atoms with Gasteiger partial charge in [-0.15, -0.1) is 0 Å². The number of nitrogens with zero attached hydrogens (tertiary/aromatic N) is 2. The van der Waals surface area contributed by atoms with Crippen LogP contribution < -0.4 is 10.5 Å². The van der Waals surface area contributed by atoms with Gasteiger partial charge in [0.2, 0.25) is 0 Å². The van der Waals surface area contributed by atoms with Gasteiger partial charge in [-0.3, -0.25) is 4.79 Å². The van der Waals surface area contributed by atoms with Crippen molar-refractivity contribution in [2.45, 2.75) is 19.8 Å². The first-order valence-electron chi connectivity index (χ1n) is 6.26. The smallest absolute Gasteiger partial charge is 0.271 e. The van der Waals surface area contributed by atoms with Crippen molar-refractivity contribution in [1.29, 1.82) is 0 Å². The Balaban J connectivity index is 2.39. The molecule has 7 heteroatoms. The summed E-state index contributed by atoms with van der Waals surface area (Å²) in [5.74, 6) is -0.822. The van der Waals surface area contributed by atoms with E-state index in [4.69, 9.17) is 10.5 Å². The maximum atomic E-state index is 13.3. The number of halogens is 1. The number of carbonyl (C=O) groups excluding carboxylic acids is 1. The Morgan fingerprint density at radius 3 is 2.95 bits per heavy atom. The van der Waals surface area contributed by atoms with Crippen molar-refractivity contribution in [3.63, 3.8) is 0 Å². The fraction of sp³-hybridized carbons (Fsp3) is 0.308. The highest BCUT2D eigenvalue weighted by Gasteiger charge is 2.19. The molecule has 2 rings (SSSR count). The lowest BCUT2D eigenvalue weighted by atomic mass is 10.1. The molecule has 0 saturated carbocycles. The van der Waals surface area contributed by atoms with Crippen LogP contribution in [0.15, 0.2) is 18.2 Å². The second kappa shape index (κ2) is 6.14. The number of benzene rings is 1. The number of hydrogen-bond donors (Lipinski definition) is 2. The molecule has 0 atom stereocenters. The first kappa shape index (κ1) is 14.0. The Hall–Kier alpha value is -2.44. The number of H-pyrrole nitrogens is 1. The number of hydrogen-bond acceptors (Lipinski definition) is 4. The highest BCUT2D eigenvalue weighted by atomic mass is 19.1. The van der Waals surface area contributed by atoms with Gasteiger partial charge in [0.15, 0.2) is 5.69 Å². The van der Waals surface area contributed by atoms with Gasteiger partial charge in [0.05, 0.1) is 6.61 Å². The maximum absolute atomic E-state index is 13.3. The van der Waals surface area contributed by atoms with E-state index in [1.807, 2.05) is 6.92 Å². The number of ether oxygens (including phenoxy) is 1. The van der Waals surface area contributed by atoms with Crippen molar-refractivity contribution in [3.05, 3.63) is 29.7 Å². The molecule has 2 aromatic rings. The van der Waals surface area contributed by atoms with Crippen LogP contribution >= 0.6 is 0 Å². The van der Waals surface area contributed by atoms with Gasteiger partial charge in [-0.25, -0.2) is 4.39 Å². The molecule has 0 aliphatic heterocycles. The number of unbranched alkanes of at least 4 members (excludes halogenated alkanes) is 1. The Kier molecular flexibility index (Phi) is 4.29. The zero-order chi connectivity index (χ0) is 14.5. The van der Waals surface area contributed by atoms with Gasteiger partial charge in [-0.05, 0) is 18.6 Å². The number of primary amides is 1. The van der Waals surface area contributed by atoms with Crippen molar-refractivity contribution < 1.29 is 13.9 Å². The van der Waals surface area contributed by atoms with Gasteiger partial charge < -0.3 is 10.5 Å². The summed E-state index contributed by atoms with van der Waals surface area (Å²) in [5, 5.41) is 9.92. The first-order valence-corrected chi connectivity index (χ1v) is 6.26. The average Bonchev–Trinajstić information content (AvgIpc) is 2.88. The van der Waals surface area contributed by atoms with E-state index in [1.54, 1.807) is 0 Å². The highest BCUT2D eigenvalue weighted by molar-refractivity contribution is 5.97. The van der Waals surface area contributed by atoms with Crippen molar-refractivity contribution in [3.8, 4) is 17.0 Å². The predicted octanol–water partition coefficient (Wildman–Crippen LogP) is 1.89. The Labute approximate surface area is 115 Å². The van der Waals surface area contributed by atoms with Gasteiger partial charge in [0, 0.05) is 11.6 Å². The van der Waals surface area contributed by atoms with Crippen LogP contribution in [-0.2, 0) is 0 Å². The second-order valence-corrected chi connectivity index (χ2v) is 4.23. The Bertz CT molecular complexity index is 612. The highest BCUT2D eigenvalue weighted by Crippen LogP contribution is 2.31. The van der Waals surface area contributed by atoms with Gasteiger partial charge in [0.25, 0.3) is 5.91 Å².